The van der Waals surface area contributed by atoms with Crippen molar-refractivity contribution in [3.05, 3.63) is 29.8 Å². The molecule has 0 radical (unpaired) electrons. The van der Waals surface area contributed by atoms with Crippen molar-refractivity contribution >= 4 is 11.6 Å². The average molecular weight is 357 g/mol. The van der Waals surface area contributed by atoms with Gasteiger partial charge in [-0.2, -0.15) is 0 Å². The van der Waals surface area contributed by atoms with Crippen LogP contribution in [0.15, 0.2) is 18.2 Å². The predicted molar refractivity (Wildman–Crippen MR) is 97.2 cm³/mol. The van der Waals surface area contributed by atoms with Gasteiger partial charge < -0.3 is 15.2 Å². The zero-order valence-corrected chi connectivity index (χ0v) is 14.8. The Morgan fingerprint density at radius 1 is 1.19 bits per heavy atom. The highest BCUT2D eigenvalue weighted by Gasteiger charge is 2.22. The van der Waals surface area contributed by atoms with Crippen LogP contribution in [-0.4, -0.2) is 33.3 Å². The molecular weight excluding hydrogens is 333 g/mol. The van der Waals surface area contributed by atoms with Gasteiger partial charge in [0.05, 0.1) is 11.7 Å². The number of benzene rings is 1. The topological polar surface area (TPSA) is 71.8 Å². The van der Waals surface area contributed by atoms with Crippen molar-refractivity contribution in [3.63, 3.8) is 0 Å². The van der Waals surface area contributed by atoms with Crippen molar-refractivity contribution in [2.45, 2.75) is 57.5 Å². The van der Waals surface area contributed by atoms with Crippen LogP contribution in [0.5, 0.6) is 0 Å². The zero-order valence-electron chi connectivity index (χ0n) is 14.8. The molecule has 2 N–H and O–H groups in total. The number of halogens is 1. The number of hydrogen-bond donors (Lipinski definition) is 2. The summed E-state index contributed by atoms with van der Waals surface area (Å²) in [5.41, 5.74) is 0.977. The summed E-state index contributed by atoms with van der Waals surface area (Å²) in [5, 5.41) is 14.5. The minimum Gasteiger partial charge on any atom is -0.322 e. The van der Waals surface area contributed by atoms with Crippen LogP contribution in [-0.2, 0) is 17.8 Å². The number of aryl methyl sites for hydroxylation is 1. The van der Waals surface area contributed by atoms with Crippen molar-refractivity contribution in [2.24, 2.45) is 0 Å². The van der Waals surface area contributed by atoms with Crippen LogP contribution in [0.3, 0.4) is 0 Å². The number of rotatable bonds is 3. The van der Waals surface area contributed by atoms with E-state index in [0.717, 1.165) is 68.8 Å². The Bertz CT molecular complexity index is 797. The van der Waals surface area contributed by atoms with E-state index in [0.29, 0.717) is 0 Å². The van der Waals surface area contributed by atoms with Crippen molar-refractivity contribution in [3.8, 4) is 11.4 Å². The maximum absolute atomic E-state index is 14.3. The second-order valence-electron chi connectivity index (χ2n) is 7.09. The smallest absolute Gasteiger partial charge is 0.241 e. The second-order valence-corrected chi connectivity index (χ2v) is 7.09. The van der Waals surface area contributed by atoms with E-state index in [1.165, 1.54) is 12.5 Å². The highest BCUT2D eigenvalue weighted by atomic mass is 19.1. The third-order valence-electron chi connectivity index (χ3n) is 5.22. The summed E-state index contributed by atoms with van der Waals surface area (Å²) in [7, 11) is 0. The van der Waals surface area contributed by atoms with E-state index >= 15 is 0 Å². The summed E-state index contributed by atoms with van der Waals surface area (Å²) in [6, 6.07) is 4.50. The van der Waals surface area contributed by atoms with Gasteiger partial charge in [0.2, 0.25) is 5.91 Å². The van der Waals surface area contributed by atoms with Gasteiger partial charge in [-0.3, -0.25) is 4.79 Å². The number of piperidine rings is 1. The van der Waals surface area contributed by atoms with Gasteiger partial charge in [-0.15, -0.1) is 10.2 Å². The molecule has 1 aromatic carbocycles. The Morgan fingerprint density at radius 2 is 2.12 bits per heavy atom. The minimum absolute atomic E-state index is 0.180. The number of carbonyl (C=O) groups is 1. The number of hydrogen-bond acceptors (Lipinski definition) is 4. The number of carbonyl (C=O) groups excluding carboxylic acids is 1. The lowest BCUT2D eigenvalue weighted by Crippen LogP contribution is -2.43. The first kappa shape index (κ1) is 17.1. The lowest BCUT2D eigenvalue weighted by Gasteiger charge is -2.22. The summed E-state index contributed by atoms with van der Waals surface area (Å²) in [4.78, 5) is 12.4. The van der Waals surface area contributed by atoms with E-state index in [1.54, 1.807) is 12.1 Å². The molecule has 0 unspecified atom stereocenters. The number of fused-ring (bicyclic) bond motifs is 1. The monoisotopic (exact) mass is 357 g/mol. The Hall–Kier alpha value is -2.28. The van der Waals surface area contributed by atoms with E-state index in [2.05, 4.69) is 25.4 Å². The van der Waals surface area contributed by atoms with Crippen LogP contribution in [0.2, 0.25) is 0 Å². The molecule has 1 amide bonds. The van der Waals surface area contributed by atoms with Crippen molar-refractivity contribution < 1.29 is 9.18 Å². The van der Waals surface area contributed by atoms with Gasteiger partial charge in [0.1, 0.15) is 11.6 Å². The number of anilines is 1. The lowest BCUT2D eigenvalue weighted by molar-refractivity contribution is -0.118. The third-order valence-corrected chi connectivity index (χ3v) is 5.22. The second kappa shape index (κ2) is 7.53. The highest BCUT2D eigenvalue weighted by molar-refractivity contribution is 5.95. The summed E-state index contributed by atoms with van der Waals surface area (Å²) in [6.45, 7) is 1.70. The fourth-order valence-electron chi connectivity index (χ4n) is 3.75. The zero-order chi connectivity index (χ0) is 17.9. The van der Waals surface area contributed by atoms with E-state index in [9.17, 15) is 9.18 Å². The van der Waals surface area contributed by atoms with Crippen LogP contribution in [0, 0.1) is 5.82 Å². The van der Waals surface area contributed by atoms with E-state index in [1.807, 2.05) is 0 Å². The van der Waals surface area contributed by atoms with Gasteiger partial charge in [-0.05, 0) is 50.4 Å². The number of amides is 1. The molecule has 6 nitrogen and oxygen atoms in total. The molecule has 2 aliphatic heterocycles. The van der Waals surface area contributed by atoms with Gasteiger partial charge in [0.15, 0.2) is 5.82 Å². The standard InChI is InChI=1S/C19H24FN5O/c20-14-9-8-13(18-24-23-17-7-2-1-5-11-25(17)18)12-16(14)22-19(26)15-6-3-4-10-21-15/h8-9,12,15,21H,1-7,10-11H2,(H,22,26)/t15-/m1/s1. The molecule has 2 aromatic rings. The molecule has 0 saturated carbocycles. The fraction of sp³-hybridized carbons (Fsp3) is 0.526. The Kier molecular flexibility index (Phi) is 4.97. The predicted octanol–water partition coefficient (Wildman–Crippen LogP) is 2.89. The molecule has 2 aliphatic rings. The number of nitrogens with zero attached hydrogens (tertiary/aromatic N) is 3. The SMILES string of the molecule is O=C(Nc1cc(-c2nnc3n2CCCCC3)ccc1F)[C@H]1CCCCN1. The molecule has 1 aromatic heterocycles. The minimum atomic E-state index is -0.437. The summed E-state index contributed by atoms with van der Waals surface area (Å²) >= 11 is 0. The molecule has 0 bridgehead atoms. The molecule has 1 saturated heterocycles. The average Bonchev–Trinajstić information content (AvgIpc) is 2.92. The molecule has 3 heterocycles. The first-order valence-electron chi connectivity index (χ1n) is 9.48. The maximum Gasteiger partial charge on any atom is 0.241 e. The first-order valence-corrected chi connectivity index (χ1v) is 9.48. The number of nitrogens with one attached hydrogen (secondary N) is 2. The highest BCUT2D eigenvalue weighted by Crippen LogP contribution is 2.27. The largest absolute Gasteiger partial charge is 0.322 e. The molecular formula is C19H24FN5O. The molecule has 26 heavy (non-hydrogen) atoms. The maximum atomic E-state index is 14.3. The van der Waals surface area contributed by atoms with Crippen LogP contribution in [0.1, 0.15) is 44.3 Å². The van der Waals surface area contributed by atoms with Crippen LogP contribution >= 0.6 is 0 Å². The Morgan fingerprint density at radius 3 is 2.96 bits per heavy atom. The quantitative estimate of drug-likeness (QED) is 0.886. The lowest BCUT2D eigenvalue weighted by atomic mass is 10.0. The molecule has 0 aliphatic carbocycles. The Labute approximate surface area is 152 Å². The van der Waals surface area contributed by atoms with Gasteiger partial charge in [-0.25, -0.2) is 4.39 Å². The third kappa shape index (κ3) is 3.49. The Balaban J connectivity index is 1.58. The normalized spacial score (nSPS) is 20.3. The van der Waals surface area contributed by atoms with Crippen LogP contribution in [0.25, 0.3) is 11.4 Å². The van der Waals surface area contributed by atoms with Gasteiger partial charge in [0, 0.05) is 18.5 Å². The molecule has 0 spiro atoms. The summed E-state index contributed by atoms with van der Waals surface area (Å²) in [5.74, 6) is 1.11. The van der Waals surface area contributed by atoms with Crippen molar-refractivity contribution in [2.75, 3.05) is 11.9 Å². The fourth-order valence-corrected chi connectivity index (χ4v) is 3.75. The molecule has 1 fully saturated rings. The molecule has 7 heteroatoms. The summed E-state index contributed by atoms with van der Waals surface area (Å²) in [6.07, 6.45) is 7.19. The molecule has 1 atom stereocenters. The van der Waals surface area contributed by atoms with E-state index < -0.39 is 5.82 Å². The number of aromatic nitrogens is 3. The van der Waals surface area contributed by atoms with Gasteiger partial charge in [0.25, 0.3) is 0 Å². The van der Waals surface area contributed by atoms with Crippen molar-refractivity contribution in [1.29, 1.82) is 0 Å². The molecule has 138 valence electrons. The van der Waals surface area contributed by atoms with Crippen molar-refractivity contribution in [1.82, 2.24) is 20.1 Å². The first-order chi connectivity index (χ1) is 12.7. The van der Waals surface area contributed by atoms with E-state index in [-0.39, 0.29) is 17.6 Å². The van der Waals surface area contributed by atoms with Crippen LogP contribution in [0.4, 0.5) is 10.1 Å². The molecule has 4 rings (SSSR count). The summed E-state index contributed by atoms with van der Waals surface area (Å²) < 4.78 is 16.4. The van der Waals surface area contributed by atoms with Gasteiger partial charge >= 0.3 is 0 Å². The van der Waals surface area contributed by atoms with E-state index in [4.69, 9.17) is 0 Å². The van der Waals surface area contributed by atoms with Gasteiger partial charge in [-0.1, -0.05) is 12.8 Å². The van der Waals surface area contributed by atoms with Crippen LogP contribution < -0.4 is 10.6 Å².